The third-order valence-electron chi connectivity index (χ3n) is 2.51. The van der Waals surface area contributed by atoms with E-state index in [4.69, 9.17) is 0 Å². The normalized spacial score (nSPS) is 18.2. The predicted octanol–water partition coefficient (Wildman–Crippen LogP) is 2.36. The van der Waals surface area contributed by atoms with Crippen LogP contribution in [0, 0.1) is 0 Å². The molecule has 1 saturated heterocycles. The van der Waals surface area contributed by atoms with Crippen LogP contribution in [0.15, 0.2) is 4.99 Å². The Labute approximate surface area is 86.0 Å². The Balaban J connectivity index is 1.94. The van der Waals surface area contributed by atoms with E-state index in [0.29, 0.717) is 0 Å². The second kappa shape index (κ2) is 7.19. The zero-order valence-electron chi connectivity index (χ0n) is 8.17. The van der Waals surface area contributed by atoms with Crippen molar-refractivity contribution in [1.29, 1.82) is 0 Å². The van der Waals surface area contributed by atoms with Gasteiger partial charge in [-0.2, -0.15) is 0 Å². The van der Waals surface area contributed by atoms with Gasteiger partial charge in [-0.3, -0.25) is 0 Å². The average Bonchev–Trinajstić information content (AvgIpc) is 2.19. The Morgan fingerprint density at radius 2 is 1.92 bits per heavy atom. The van der Waals surface area contributed by atoms with E-state index < -0.39 is 0 Å². The number of hydrogen-bond acceptors (Lipinski definition) is 3. The fourth-order valence-corrected chi connectivity index (χ4v) is 1.85. The number of piperidine rings is 1. The molecule has 0 aliphatic carbocycles. The van der Waals surface area contributed by atoms with Gasteiger partial charge in [-0.15, -0.1) is 0 Å². The maximum Gasteiger partial charge on any atom is 0.0584 e. The summed E-state index contributed by atoms with van der Waals surface area (Å²) in [4.78, 5) is 6.46. The highest BCUT2D eigenvalue weighted by molar-refractivity contribution is 7.78. The Bertz CT molecular complexity index is 170. The van der Waals surface area contributed by atoms with Gasteiger partial charge in [0.2, 0.25) is 0 Å². The molecule has 1 fully saturated rings. The van der Waals surface area contributed by atoms with Gasteiger partial charge in [0, 0.05) is 6.54 Å². The van der Waals surface area contributed by atoms with Crippen molar-refractivity contribution in [3.63, 3.8) is 0 Å². The Morgan fingerprint density at radius 1 is 1.15 bits per heavy atom. The van der Waals surface area contributed by atoms with Crippen molar-refractivity contribution in [2.24, 2.45) is 4.99 Å². The van der Waals surface area contributed by atoms with Gasteiger partial charge in [-0.25, -0.2) is 4.99 Å². The van der Waals surface area contributed by atoms with Crippen LogP contribution >= 0.6 is 12.2 Å². The first-order valence-corrected chi connectivity index (χ1v) is 5.60. The third-order valence-corrected chi connectivity index (χ3v) is 2.64. The van der Waals surface area contributed by atoms with E-state index in [1.54, 1.807) is 0 Å². The second-order valence-electron chi connectivity index (χ2n) is 3.58. The van der Waals surface area contributed by atoms with Crippen LogP contribution in [-0.4, -0.2) is 36.2 Å². The largest absolute Gasteiger partial charge is 0.303 e. The number of aliphatic imine (C=N–C) groups is 1. The highest BCUT2D eigenvalue weighted by Gasteiger charge is 2.08. The fraction of sp³-hybridized carbons (Fsp3) is 0.900. The van der Waals surface area contributed by atoms with Crippen molar-refractivity contribution in [1.82, 2.24) is 4.90 Å². The molecule has 74 valence electrons. The summed E-state index contributed by atoms with van der Waals surface area (Å²) in [6.07, 6.45) is 6.60. The molecule has 2 nitrogen and oxygen atoms in total. The number of rotatable bonds is 5. The summed E-state index contributed by atoms with van der Waals surface area (Å²) in [5.41, 5.74) is 0. The van der Waals surface area contributed by atoms with E-state index in [-0.39, 0.29) is 0 Å². The Morgan fingerprint density at radius 3 is 2.62 bits per heavy atom. The van der Waals surface area contributed by atoms with Crippen LogP contribution < -0.4 is 0 Å². The van der Waals surface area contributed by atoms with Gasteiger partial charge in [-0.1, -0.05) is 6.42 Å². The van der Waals surface area contributed by atoms with Crippen molar-refractivity contribution < 1.29 is 0 Å². The lowest BCUT2D eigenvalue weighted by atomic mass is 10.1. The molecule has 0 bridgehead atoms. The molecule has 0 saturated carbocycles. The monoisotopic (exact) mass is 198 g/mol. The van der Waals surface area contributed by atoms with Crippen LogP contribution in [0.5, 0.6) is 0 Å². The average molecular weight is 198 g/mol. The van der Waals surface area contributed by atoms with E-state index in [1.165, 1.54) is 45.3 Å². The molecule has 0 aromatic heterocycles. The van der Waals surface area contributed by atoms with Crippen LogP contribution in [0.2, 0.25) is 0 Å². The van der Waals surface area contributed by atoms with E-state index in [2.05, 4.69) is 27.3 Å². The lowest BCUT2D eigenvalue weighted by Gasteiger charge is -2.26. The molecule has 0 radical (unpaired) electrons. The number of thiocarbonyl (C=S) groups is 1. The molecule has 0 unspecified atom stereocenters. The minimum absolute atomic E-state index is 0.858. The van der Waals surface area contributed by atoms with Gasteiger partial charge in [-0.05, 0) is 57.5 Å². The molecular formula is C10H18N2S. The molecule has 1 aliphatic heterocycles. The minimum atomic E-state index is 0.858. The van der Waals surface area contributed by atoms with E-state index in [0.717, 1.165) is 13.0 Å². The van der Waals surface area contributed by atoms with E-state index >= 15 is 0 Å². The summed E-state index contributed by atoms with van der Waals surface area (Å²) in [6, 6.07) is 0. The quantitative estimate of drug-likeness (QED) is 0.383. The predicted molar refractivity (Wildman–Crippen MR) is 59.4 cm³/mol. The molecule has 1 aliphatic rings. The van der Waals surface area contributed by atoms with Gasteiger partial charge in [0.1, 0.15) is 0 Å². The van der Waals surface area contributed by atoms with E-state index in [9.17, 15) is 0 Å². The SMILES string of the molecule is S=C=NCCCCN1CCCCC1. The fourth-order valence-electron chi connectivity index (χ4n) is 1.75. The summed E-state index contributed by atoms with van der Waals surface area (Å²) >= 11 is 4.50. The van der Waals surface area contributed by atoms with Gasteiger partial charge in [0.05, 0.1) is 5.16 Å². The molecule has 0 aromatic carbocycles. The van der Waals surface area contributed by atoms with E-state index in [1.807, 2.05) is 0 Å². The number of unbranched alkanes of at least 4 members (excludes halogenated alkanes) is 1. The van der Waals surface area contributed by atoms with Crippen molar-refractivity contribution in [3.8, 4) is 0 Å². The Kier molecular flexibility index (Phi) is 6.00. The first-order chi connectivity index (χ1) is 6.43. The summed E-state index contributed by atoms with van der Waals surface area (Å²) in [6.45, 7) is 4.71. The summed E-state index contributed by atoms with van der Waals surface area (Å²) in [5.74, 6) is 0. The van der Waals surface area contributed by atoms with Crippen molar-refractivity contribution in [2.75, 3.05) is 26.2 Å². The molecule has 0 N–H and O–H groups in total. The number of hydrogen-bond donors (Lipinski definition) is 0. The zero-order valence-corrected chi connectivity index (χ0v) is 8.98. The zero-order chi connectivity index (χ0) is 9.36. The standard InChI is InChI=1S/C10H18N2S/c13-10-11-6-2-5-9-12-7-3-1-4-8-12/h1-9H2. The maximum absolute atomic E-state index is 4.50. The topological polar surface area (TPSA) is 15.6 Å². The van der Waals surface area contributed by atoms with Crippen LogP contribution in [0.1, 0.15) is 32.1 Å². The first-order valence-electron chi connectivity index (χ1n) is 5.19. The van der Waals surface area contributed by atoms with Crippen LogP contribution in [0.25, 0.3) is 0 Å². The third kappa shape index (κ3) is 5.14. The number of nitrogens with zero attached hydrogens (tertiary/aromatic N) is 2. The summed E-state index contributed by atoms with van der Waals surface area (Å²) < 4.78 is 0. The lowest BCUT2D eigenvalue weighted by molar-refractivity contribution is 0.225. The first kappa shape index (κ1) is 10.8. The van der Waals surface area contributed by atoms with Crippen LogP contribution in [-0.2, 0) is 0 Å². The molecule has 0 aromatic rings. The molecule has 1 rings (SSSR count). The highest BCUT2D eigenvalue weighted by Crippen LogP contribution is 2.09. The van der Waals surface area contributed by atoms with Crippen LogP contribution in [0.3, 0.4) is 0 Å². The van der Waals surface area contributed by atoms with Crippen LogP contribution in [0.4, 0.5) is 0 Å². The summed E-state index contributed by atoms with van der Waals surface area (Å²) in [5, 5.41) is 2.40. The maximum atomic E-state index is 4.50. The number of likely N-dealkylation sites (tertiary alicyclic amines) is 1. The molecule has 0 amide bonds. The molecule has 3 heteroatoms. The minimum Gasteiger partial charge on any atom is -0.303 e. The number of isothiocyanates is 1. The molecule has 0 spiro atoms. The molecular weight excluding hydrogens is 180 g/mol. The van der Waals surface area contributed by atoms with Crippen molar-refractivity contribution in [2.45, 2.75) is 32.1 Å². The highest BCUT2D eigenvalue weighted by atomic mass is 32.1. The molecule has 0 atom stereocenters. The lowest BCUT2D eigenvalue weighted by Crippen LogP contribution is -2.30. The molecule has 1 heterocycles. The Hall–Kier alpha value is -0.240. The smallest absolute Gasteiger partial charge is 0.0584 e. The van der Waals surface area contributed by atoms with Gasteiger partial charge in [0.25, 0.3) is 0 Å². The van der Waals surface area contributed by atoms with Gasteiger partial charge in [0.15, 0.2) is 0 Å². The van der Waals surface area contributed by atoms with Gasteiger partial charge < -0.3 is 4.90 Å². The van der Waals surface area contributed by atoms with Gasteiger partial charge >= 0.3 is 0 Å². The second-order valence-corrected chi connectivity index (χ2v) is 3.76. The summed E-state index contributed by atoms with van der Waals surface area (Å²) in [7, 11) is 0. The molecule has 13 heavy (non-hydrogen) atoms. The van der Waals surface area contributed by atoms with Crippen molar-refractivity contribution >= 4 is 17.4 Å². The van der Waals surface area contributed by atoms with Crippen molar-refractivity contribution in [3.05, 3.63) is 0 Å².